The molecule has 0 amide bonds. The van der Waals surface area contributed by atoms with E-state index in [0.717, 1.165) is 44.2 Å². The SMILES string of the molecule is COP.COc1cc(-c2cc(OC)cc(C(C)(C)C)c2O)c(O)c(C(C)(C)C)c1.Oc1ccccc1-c1ccccc1.c1ccc2c(c1)o[pH]oc1ccccc12. The average Bonchev–Trinajstić information content (AvgIpc) is 3.38. The van der Waals surface area contributed by atoms with E-state index >= 15 is 0 Å². The van der Waals surface area contributed by atoms with Crippen molar-refractivity contribution in [2.45, 2.75) is 52.4 Å². The zero-order valence-electron chi connectivity index (χ0n) is 34.1. The van der Waals surface area contributed by atoms with Gasteiger partial charge in [0.05, 0.1) is 14.2 Å². The number of benzene rings is 6. The van der Waals surface area contributed by atoms with Crippen LogP contribution in [-0.4, -0.2) is 36.6 Å². The summed E-state index contributed by atoms with van der Waals surface area (Å²) in [6.07, 6.45) is 0. The monoisotopic (exact) mass is 808 g/mol. The number of aromatic hydroxyl groups is 3. The Kier molecular flexibility index (Phi) is 15.7. The Balaban J connectivity index is 0.000000196. The van der Waals surface area contributed by atoms with Crippen molar-refractivity contribution in [1.29, 1.82) is 0 Å². The van der Waals surface area contributed by atoms with Crippen LogP contribution in [0.25, 0.3) is 44.2 Å². The molecule has 0 spiro atoms. The lowest BCUT2D eigenvalue weighted by Crippen LogP contribution is -2.13. The van der Waals surface area contributed by atoms with Gasteiger partial charge in [-0.25, -0.2) is 0 Å². The minimum absolute atomic E-state index is 0.0288. The van der Waals surface area contributed by atoms with Gasteiger partial charge in [0.15, 0.2) is 0 Å². The van der Waals surface area contributed by atoms with Crippen LogP contribution in [0.3, 0.4) is 0 Å². The van der Waals surface area contributed by atoms with Gasteiger partial charge in [0.2, 0.25) is 8.67 Å². The van der Waals surface area contributed by atoms with Crippen LogP contribution in [0.15, 0.2) is 136 Å². The van der Waals surface area contributed by atoms with Crippen LogP contribution in [0.5, 0.6) is 28.7 Å². The van der Waals surface area contributed by atoms with Gasteiger partial charge in [-0.15, -0.1) is 0 Å². The first-order chi connectivity index (χ1) is 27.1. The number of phenols is 3. The van der Waals surface area contributed by atoms with Gasteiger partial charge in [0, 0.05) is 45.7 Å². The molecular formula is C47H54O8P2. The van der Waals surface area contributed by atoms with Crippen LogP contribution in [-0.2, 0) is 15.4 Å². The third kappa shape index (κ3) is 11.6. The first-order valence-electron chi connectivity index (χ1n) is 18.3. The summed E-state index contributed by atoms with van der Waals surface area (Å²) in [6, 6.07) is 40.3. The fourth-order valence-corrected chi connectivity index (χ4v) is 6.59. The Labute approximate surface area is 339 Å². The van der Waals surface area contributed by atoms with Crippen molar-refractivity contribution in [3.8, 4) is 51.0 Å². The van der Waals surface area contributed by atoms with Crippen LogP contribution >= 0.6 is 18.1 Å². The third-order valence-electron chi connectivity index (χ3n) is 8.90. The molecule has 6 aromatic carbocycles. The van der Waals surface area contributed by atoms with Crippen LogP contribution in [0.4, 0.5) is 0 Å². The molecule has 1 aromatic heterocycles. The summed E-state index contributed by atoms with van der Waals surface area (Å²) < 4.78 is 26.1. The number of para-hydroxylation sites is 3. The highest BCUT2D eigenvalue weighted by molar-refractivity contribution is 7.15. The molecule has 8 nitrogen and oxygen atoms in total. The molecule has 1 heterocycles. The molecule has 0 fully saturated rings. The second kappa shape index (κ2) is 20.2. The lowest BCUT2D eigenvalue weighted by molar-refractivity contribution is 0.403. The Morgan fingerprint density at radius 1 is 0.509 bits per heavy atom. The summed E-state index contributed by atoms with van der Waals surface area (Å²) in [5.41, 5.74) is 5.69. The fraction of sp³-hybridized carbons (Fsp3) is 0.234. The molecule has 0 aliphatic carbocycles. The Bertz CT molecular complexity index is 2270. The highest BCUT2D eigenvalue weighted by Crippen LogP contribution is 2.48. The number of rotatable bonds is 4. The minimum Gasteiger partial charge on any atom is -0.507 e. The normalized spacial score (nSPS) is 10.9. The molecule has 0 saturated carbocycles. The zero-order chi connectivity index (χ0) is 41.8. The number of ether oxygens (including phenoxy) is 2. The van der Waals surface area contributed by atoms with Gasteiger partial charge < -0.3 is 37.7 Å². The van der Waals surface area contributed by atoms with Crippen molar-refractivity contribution in [3.05, 3.63) is 139 Å². The molecule has 7 rings (SSSR count). The van der Waals surface area contributed by atoms with Gasteiger partial charge in [-0.05, 0) is 68.3 Å². The molecular weight excluding hydrogens is 754 g/mol. The van der Waals surface area contributed by atoms with E-state index in [9.17, 15) is 15.3 Å². The van der Waals surface area contributed by atoms with Gasteiger partial charge in [0.1, 0.15) is 39.9 Å². The van der Waals surface area contributed by atoms with Crippen LogP contribution in [0.1, 0.15) is 52.7 Å². The first-order valence-corrected chi connectivity index (χ1v) is 19.6. The lowest BCUT2D eigenvalue weighted by Gasteiger charge is -2.26. The molecule has 0 radical (unpaired) electrons. The molecule has 10 heteroatoms. The van der Waals surface area contributed by atoms with Crippen molar-refractivity contribution in [1.82, 2.24) is 0 Å². The lowest BCUT2D eigenvalue weighted by atomic mass is 9.81. The second-order valence-corrected chi connectivity index (χ2v) is 16.1. The summed E-state index contributed by atoms with van der Waals surface area (Å²) in [7, 11) is 6.88. The van der Waals surface area contributed by atoms with Crippen molar-refractivity contribution < 1.29 is 37.7 Å². The van der Waals surface area contributed by atoms with Gasteiger partial charge in [-0.2, -0.15) is 0 Å². The zero-order valence-corrected chi connectivity index (χ0v) is 36.2. The van der Waals surface area contributed by atoms with Crippen LogP contribution in [0, 0.1) is 0 Å². The van der Waals surface area contributed by atoms with E-state index in [4.69, 9.17) is 17.9 Å². The molecule has 0 bridgehead atoms. The van der Waals surface area contributed by atoms with E-state index in [2.05, 4.69) is 14.0 Å². The maximum Gasteiger partial charge on any atom is 0.201 e. The van der Waals surface area contributed by atoms with E-state index in [1.807, 2.05) is 151 Å². The predicted octanol–water partition coefficient (Wildman–Crippen LogP) is 13.2. The predicted molar refractivity (Wildman–Crippen MR) is 239 cm³/mol. The van der Waals surface area contributed by atoms with Crippen molar-refractivity contribution in [3.63, 3.8) is 0 Å². The van der Waals surface area contributed by atoms with Crippen molar-refractivity contribution in [2.24, 2.45) is 0 Å². The van der Waals surface area contributed by atoms with Crippen LogP contribution in [0.2, 0.25) is 0 Å². The van der Waals surface area contributed by atoms with Gasteiger partial charge >= 0.3 is 0 Å². The van der Waals surface area contributed by atoms with E-state index in [1.54, 1.807) is 39.5 Å². The molecule has 1 unspecified atom stereocenters. The van der Waals surface area contributed by atoms with Gasteiger partial charge in [-0.3, -0.25) is 0 Å². The molecule has 0 saturated heterocycles. The fourth-order valence-electron chi connectivity index (χ4n) is 6.01. The molecule has 7 aromatic rings. The Morgan fingerprint density at radius 3 is 1.30 bits per heavy atom. The van der Waals surface area contributed by atoms with E-state index in [-0.39, 0.29) is 31.0 Å². The average molecular weight is 809 g/mol. The topological polar surface area (TPSA) is 115 Å². The van der Waals surface area contributed by atoms with E-state index < -0.39 is 0 Å². The first kappa shape index (κ1) is 44.3. The molecule has 0 aliphatic rings. The highest BCUT2D eigenvalue weighted by atomic mass is 31.1. The van der Waals surface area contributed by atoms with Crippen molar-refractivity contribution >= 4 is 40.1 Å². The number of hydrogen-bond acceptors (Lipinski definition) is 8. The highest BCUT2D eigenvalue weighted by Gasteiger charge is 2.27. The third-order valence-corrected chi connectivity index (χ3v) is 9.51. The summed E-state index contributed by atoms with van der Waals surface area (Å²) in [5.74, 6) is 1.86. The van der Waals surface area contributed by atoms with Gasteiger partial charge in [0.25, 0.3) is 0 Å². The van der Waals surface area contributed by atoms with E-state index in [1.165, 1.54) is 0 Å². The Morgan fingerprint density at radius 2 is 0.895 bits per heavy atom. The van der Waals surface area contributed by atoms with E-state index in [0.29, 0.717) is 28.4 Å². The Hall–Kier alpha value is -5.39. The molecule has 300 valence electrons. The summed E-state index contributed by atoms with van der Waals surface area (Å²) in [4.78, 5) is 0. The molecule has 0 aliphatic heterocycles. The number of hydrogen-bond donors (Lipinski definition) is 3. The van der Waals surface area contributed by atoms with Crippen molar-refractivity contribution in [2.75, 3.05) is 21.3 Å². The van der Waals surface area contributed by atoms with Crippen LogP contribution < -0.4 is 9.47 Å². The standard InChI is InChI=1S/C22H30O4.C12H9O2P.C12H10O.CH5OP/c1-21(2,3)17-11-13(25-7)9-15(19(17)23)16-10-14(26-8)12-18(20(16)24)22(4,5)6;1-3-7-11-9(5-1)10-6-2-4-8-12(10)14-15-13-11;13-12-9-5-4-8-11(12)10-6-2-1-3-7-10;1-2-3/h9-12,23-24H,1-8H3;1-8,15H;1-9,13H;3H2,1H3. The maximum absolute atomic E-state index is 11.0. The number of phenolic OH excluding ortho intramolecular Hbond substituents is 3. The summed E-state index contributed by atoms with van der Waals surface area (Å²) in [6.45, 7) is 12.2. The second-order valence-electron chi connectivity index (χ2n) is 15.0. The van der Waals surface area contributed by atoms with Gasteiger partial charge in [-0.1, -0.05) is 126 Å². The maximum atomic E-state index is 11.0. The molecule has 57 heavy (non-hydrogen) atoms. The molecule has 3 N–H and O–H groups in total. The number of methoxy groups -OCH3 is 2. The summed E-state index contributed by atoms with van der Waals surface area (Å²) in [5, 5.41) is 33.7. The smallest absolute Gasteiger partial charge is 0.201 e. The largest absolute Gasteiger partial charge is 0.507 e. The molecule has 1 atom stereocenters. The summed E-state index contributed by atoms with van der Waals surface area (Å²) >= 11 is 0. The number of fused-ring (bicyclic) bond motifs is 3. The minimum atomic E-state index is -0.283. The quantitative estimate of drug-likeness (QED) is 0.151.